The van der Waals surface area contributed by atoms with Crippen molar-refractivity contribution < 1.29 is 80.2 Å². The average molecular weight is 1400 g/mol. The van der Waals surface area contributed by atoms with E-state index < -0.39 is 97.5 Å². The van der Waals surface area contributed by atoms with Crippen LogP contribution in [0.2, 0.25) is 0 Å². The number of ether oxygens (including phenoxy) is 4. The normalized spacial score (nSPS) is 13.9. The predicted octanol–water partition coefficient (Wildman–Crippen LogP) is 22.6. The van der Waals surface area contributed by atoms with Gasteiger partial charge in [-0.2, -0.15) is 0 Å². The Bertz CT molecular complexity index is 1810. The molecule has 0 aliphatic carbocycles. The highest BCUT2D eigenvalue weighted by atomic mass is 31.2. The first-order chi connectivity index (χ1) is 46.2. The first-order valence-electron chi connectivity index (χ1n) is 39.8. The van der Waals surface area contributed by atoms with E-state index in [1.807, 2.05) is 0 Å². The second-order valence-electron chi connectivity index (χ2n) is 27.4. The summed E-state index contributed by atoms with van der Waals surface area (Å²) in [4.78, 5) is 72.6. The van der Waals surface area contributed by atoms with Crippen molar-refractivity contribution in [1.29, 1.82) is 0 Å². The van der Waals surface area contributed by atoms with E-state index >= 15 is 0 Å². The van der Waals surface area contributed by atoms with Crippen molar-refractivity contribution in [2.24, 2.45) is 0 Å². The van der Waals surface area contributed by atoms with Crippen molar-refractivity contribution in [2.45, 2.75) is 425 Å². The van der Waals surface area contributed by atoms with Crippen LogP contribution in [-0.4, -0.2) is 96.7 Å². The Kier molecular flexibility index (Phi) is 69.1. The van der Waals surface area contributed by atoms with Crippen LogP contribution >= 0.6 is 15.6 Å². The van der Waals surface area contributed by atoms with Gasteiger partial charge in [-0.25, -0.2) is 9.13 Å². The summed E-state index contributed by atoms with van der Waals surface area (Å²) in [6.07, 6.45) is 61.2. The molecule has 0 aromatic carbocycles. The van der Waals surface area contributed by atoms with Crippen LogP contribution in [0, 0.1) is 0 Å². The van der Waals surface area contributed by atoms with Crippen LogP contribution in [0.3, 0.4) is 0 Å². The molecule has 19 heteroatoms. The molecule has 0 saturated heterocycles. The Morgan fingerprint density at radius 3 is 0.621 bits per heavy atom. The van der Waals surface area contributed by atoms with E-state index in [0.717, 1.165) is 89.9 Å². The molecule has 0 saturated carbocycles. The molecule has 5 atom stereocenters. The van der Waals surface area contributed by atoms with Crippen LogP contribution < -0.4 is 0 Å². The maximum absolute atomic E-state index is 13.1. The van der Waals surface area contributed by atoms with Gasteiger partial charge in [0.1, 0.15) is 19.3 Å². The Morgan fingerprint density at radius 2 is 0.421 bits per heavy atom. The molecule has 0 heterocycles. The van der Waals surface area contributed by atoms with Crippen LogP contribution in [0.5, 0.6) is 0 Å². The molecule has 0 aliphatic rings. The lowest BCUT2D eigenvalue weighted by atomic mass is 10.0. The third kappa shape index (κ3) is 70.3. The number of esters is 4. The largest absolute Gasteiger partial charge is 0.472 e. The van der Waals surface area contributed by atoms with Gasteiger partial charge in [0.25, 0.3) is 0 Å². The standard InChI is InChI=1S/C76H148O17P2/c1-5-9-13-17-21-25-27-29-31-33-34-35-36-37-39-41-43-47-51-55-59-63-76(81)93-72(67-87-74(79)61-57-53-49-46-42-40-38-32-30-28-26-22-18-14-10-6-2)69-91-95(84,85)89-65-70(77)64-88-94(82,83)90-68-71(92-75(80)62-58-54-50-45-24-20-16-12-8-4)66-86-73(78)60-56-52-48-44-23-19-15-11-7-3/h70-72,77H,5-69H2,1-4H3,(H,82,83)(H,84,85)/t70-,71+,72+/m0/s1. The number of carbonyl (C=O) groups excluding carboxylic acids is 4. The van der Waals surface area contributed by atoms with Gasteiger partial charge in [0.2, 0.25) is 0 Å². The second-order valence-corrected chi connectivity index (χ2v) is 30.3. The molecule has 2 unspecified atom stereocenters. The smallest absolute Gasteiger partial charge is 0.462 e. The zero-order chi connectivity index (χ0) is 69.7. The highest BCUT2D eigenvalue weighted by molar-refractivity contribution is 7.47. The summed E-state index contributed by atoms with van der Waals surface area (Å²) in [7, 11) is -9.90. The average Bonchev–Trinajstić information content (AvgIpc) is 1.48. The number of phosphoric acid groups is 2. The van der Waals surface area contributed by atoms with Crippen molar-refractivity contribution in [3.63, 3.8) is 0 Å². The molecule has 0 aliphatic heterocycles. The monoisotopic (exact) mass is 1400 g/mol. The van der Waals surface area contributed by atoms with E-state index in [-0.39, 0.29) is 25.7 Å². The van der Waals surface area contributed by atoms with Crippen molar-refractivity contribution in [2.75, 3.05) is 39.6 Å². The van der Waals surface area contributed by atoms with Gasteiger partial charge in [-0.3, -0.25) is 37.3 Å². The fourth-order valence-corrected chi connectivity index (χ4v) is 13.3. The quantitative estimate of drug-likeness (QED) is 0.0222. The Morgan fingerprint density at radius 1 is 0.253 bits per heavy atom. The molecular weight excluding hydrogens is 1250 g/mol. The molecule has 0 amide bonds. The maximum Gasteiger partial charge on any atom is 0.472 e. The maximum atomic E-state index is 13.1. The van der Waals surface area contributed by atoms with E-state index in [0.29, 0.717) is 25.7 Å². The molecule has 17 nitrogen and oxygen atoms in total. The lowest BCUT2D eigenvalue weighted by Gasteiger charge is -2.21. The van der Waals surface area contributed by atoms with E-state index in [1.54, 1.807) is 0 Å². The van der Waals surface area contributed by atoms with Gasteiger partial charge in [-0.1, -0.05) is 355 Å². The molecule has 564 valence electrons. The van der Waals surface area contributed by atoms with Gasteiger partial charge < -0.3 is 33.8 Å². The SMILES string of the molecule is CCCCCCCCCCCCCCCCCCCCCCCC(=O)O[C@H](COC(=O)CCCCCCCCCCCCCCCCCC)COP(=O)(O)OC[C@@H](O)COP(=O)(O)OC[C@@H](COC(=O)CCCCCCCCCCC)OC(=O)CCCCCCCCCCC. The number of hydrogen-bond acceptors (Lipinski definition) is 15. The number of hydrogen-bond donors (Lipinski definition) is 3. The van der Waals surface area contributed by atoms with Crippen molar-refractivity contribution in [1.82, 2.24) is 0 Å². The minimum absolute atomic E-state index is 0.106. The highest BCUT2D eigenvalue weighted by Gasteiger charge is 2.30. The van der Waals surface area contributed by atoms with Crippen LogP contribution in [-0.2, 0) is 65.4 Å². The van der Waals surface area contributed by atoms with Crippen molar-refractivity contribution in [3.05, 3.63) is 0 Å². The minimum atomic E-state index is -4.96. The molecule has 95 heavy (non-hydrogen) atoms. The molecule has 0 aromatic rings. The lowest BCUT2D eigenvalue weighted by Crippen LogP contribution is -2.30. The highest BCUT2D eigenvalue weighted by Crippen LogP contribution is 2.45. The Labute approximate surface area is 581 Å². The third-order valence-corrected chi connectivity index (χ3v) is 19.8. The van der Waals surface area contributed by atoms with E-state index in [9.17, 15) is 43.2 Å². The van der Waals surface area contributed by atoms with Crippen LogP contribution in [0.1, 0.15) is 407 Å². The molecule has 0 radical (unpaired) electrons. The minimum Gasteiger partial charge on any atom is -0.462 e. The fraction of sp³-hybridized carbons (Fsp3) is 0.947. The summed E-state index contributed by atoms with van der Waals surface area (Å²) in [5, 5.41) is 10.6. The number of phosphoric ester groups is 2. The molecule has 0 spiro atoms. The van der Waals surface area contributed by atoms with Crippen molar-refractivity contribution in [3.8, 4) is 0 Å². The van der Waals surface area contributed by atoms with E-state index in [2.05, 4.69) is 27.7 Å². The fourth-order valence-electron chi connectivity index (χ4n) is 11.8. The molecule has 0 bridgehead atoms. The zero-order valence-corrected chi connectivity index (χ0v) is 63.4. The number of carbonyl (C=O) groups is 4. The van der Waals surface area contributed by atoms with Gasteiger partial charge >= 0.3 is 39.5 Å². The first kappa shape index (κ1) is 93.1. The van der Waals surface area contributed by atoms with Crippen LogP contribution in [0.15, 0.2) is 0 Å². The van der Waals surface area contributed by atoms with Gasteiger partial charge in [0.05, 0.1) is 26.4 Å². The number of rotatable bonds is 77. The van der Waals surface area contributed by atoms with Gasteiger partial charge in [-0.05, 0) is 25.7 Å². The zero-order valence-electron chi connectivity index (χ0n) is 61.6. The van der Waals surface area contributed by atoms with Gasteiger partial charge in [0, 0.05) is 25.7 Å². The summed E-state index contributed by atoms with van der Waals surface area (Å²) in [5.74, 6) is -2.12. The number of unbranched alkanes of at least 4 members (excludes halogenated alkanes) is 51. The predicted molar refractivity (Wildman–Crippen MR) is 386 cm³/mol. The van der Waals surface area contributed by atoms with Gasteiger partial charge in [-0.15, -0.1) is 0 Å². The van der Waals surface area contributed by atoms with Crippen LogP contribution in [0.4, 0.5) is 0 Å². The molecule has 0 fully saturated rings. The molecule has 0 aromatic heterocycles. The van der Waals surface area contributed by atoms with Gasteiger partial charge in [0.15, 0.2) is 12.2 Å². The topological polar surface area (TPSA) is 237 Å². The Hall–Kier alpha value is -1.94. The number of aliphatic hydroxyl groups excluding tert-OH is 1. The Balaban J connectivity index is 5.16. The van der Waals surface area contributed by atoms with Crippen molar-refractivity contribution >= 4 is 39.5 Å². The third-order valence-electron chi connectivity index (χ3n) is 17.9. The van der Waals surface area contributed by atoms with E-state index in [1.165, 1.54) is 238 Å². The van der Waals surface area contributed by atoms with E-state index in [4.69, 9.17) is 37.0 Å². The molecule has 3 N–H and O–H groups in total. The summed E-state index contributed by atoms with van der Waals surface area (Å²) < 4.78 is 68.4. The lowest BCUT2D eigenvalue weighted by molar-refractivity contribution is -0.161. The summed E-state index contributed by atoms with van der Waals surface area (Å²) in [6, 6.07) is 0. The summed E-state index contributed by atoms with van der Waals surface area (Å²) >= 11 is 0. The first-order valence-corrected chi connectivity index (χ1v) is 42.8. The molecular formula is C76H148O17P2. The van der Waals surface area contributed by atoms with Crippen LogP contribution in [0.25, 0.3) is 0 Å². The number of aliphatic hydroxyl groups is 1. The molecule has 0 rings (SSSR count). The summed E-state index contributed by atoms with van der Waals surface area (Å²) in [6.45, 7) is 4.95. The second kappa shape index (κ2) is 70.5. The summed E-state index contributed by atoms with van der Waals surface area (Å²) in [5.41, 5.74) is 0.